The first kappa shape index (κ1) is 10.2. The summed E-state index contributed by atoms with van der Waals surface area (Å²) in [5, 5.41) is 2.12. The highest BCUT2D eigenvalue weighted by Gasteiger charge is 2.09. The first-order chi connectivity index (χ1) is 7.36. The lowest BCUT2D eigenvalue weighted by atomic mass is 10.1. The van der Waals surface area contributed by atoms with Crippen molar-refractivity contribution in [3.05, 3.63) is 41.9 Å². The van der Waals surface area contributed by atoms with E-state index in [0.29, 0.717) is 0 Å². The fraction of sp³-hybridized carbons (Fsp3) is 0.231. The van der Waals surface area contributed by atoms with Gasteiger partial charge in [0.25, 0.3) is 0 Å². The Bertz CT molecular complexity index is 437. The summed E-state index contributed by atoms with van der Waals surface area (Å²) in [6, 6.07) is 6.45. The molecule has 0 radical (unpaired) electrons. The van der Waals surface area contributed by atoms with Crippen LogP contribution >= 0.6 is 11.3 Å². The van der Waals surface area contributed by atoms with E-state index in [9.17, 15) is 0 Å². The van der Waals surface area contributed by atoms with E-state index in [1.807, 2.05) is 6.20 Å². The molecule has 0 atom stereocenters. The van der Waals surface area contributed by atoms with Crippen molar-refractivity contribution >= 4 is 17.5 Å². The van der Waals surface area contributed by atoms with Crippen LogP contribution in [0.3, 0.4) is 0 Å². The summed E-state index contributed by atoms with van der Waals surface area (Å²) in [6.07, 6.45) is 6.27. The second-order valence-electron chi connectivity index (χ2n) is 3.51. The molecule has 0 N–H and O–H groups in total. The molecule has 0 aromatic carbocycles. The topological polar surface area (TPSA) is 4.93 Å². The van der Waals surface area contributed by atoms with Crippen molar-refractivity contribution in [3.8, 4) is 10.6 Å². The Hall–Kier alpha value is -1.28. The molecule has 2 heteroatoms. The molecule has 0 fully saturated rings. The molecule has 0 saturated carbocycles. The Labute approximate surface area is 94.7 Å². The summed E-state index contributed by atoms with van der Waals surface area (Å²) in [6.45, 7) is 6.05. The molecular weight excluding hydrogens is 202 g/mol. The van der Waals surface area contributed by atoms with Crippen molar-refractivity contribution in [3.63, 3.8) is 0 Å². The van der Waals surface area contributed by atoms with Crippen molar-refractivity contribution < 1.29 is 0 Å². The van der Waals surface area contributed by atoms with Crippen LogP contribution in [0, 0.1) is 0 Å². The van der Waals surface area contributed by atoms with Gasteiger partial charge in [-0.2, -0.15) is 0 Å². The van der Waals surface area contributed by atoms with Crippen molar-refractivity contribution in [1.82, 2.24) is 4.57 Å². The Balaban J connectivity index is 2.50. The van der Waals surface area contributed by atoms with Crippen LogP contribution in [0.2, 0.25) is 0 Å². The van der Waals surface area contributed by atoms with Gasteiger partial charge in [-0.15, -0.1) is 11.3 Å². The molecule has 2 aromatic rings. The van der Waals surface area contributed by atoms with Crippen molar-refractivity contribution in [2.24, 2.45) is 0 Å². The van der Waals surface area contributed by atoms with Crippen LogP contribution in [-0.4, -0.2) is 4.57 Å². The number of hydrogen-bond acceptors (Lipinski definition) is 1. The minimum atomic E-state index is 1.13. The van der Waals surface area contributed by atoms with Crippen LogP contribution in [0.5, 0.6) is 0 Å². The van der Waals surface area contributed by atoms with Gasteiger partial charge in [-0.05, 0) is 29.5 Å². The number of rotatable bonds is 4. The highest BCUT2D eigenvalue weighted by atomic mass is 32.1. The maximum Gasteiger partial charge on any atom is 0.0654 e. The van der Waals surface area contributed by atoms with Crippen molar-refractivity contribution in [2.45, 2.75) is 19.8 Å². The molecule has 15 heavy (non-hydrogen) atoms. The SMILES string of the molecule is C=Cn1ccc(CCC)c1-c1cccs1. The predicted molar refractivity (Wildman–Crippen MR) is 68.1 cm³/mol. The van der Waals surface area contributed by atoms with Gasteiger partial charge in [0, 0.05) is 12.4 Å². The van der Waals surface area contributed by atoms with Crippen LogP contribution in [-0.2, 0) is 6.42 Å². The number of aryl methyl sites for hydroxylation is 1. The van der Waals surface area contributed by atoms with Crippen LogP contribution in [0.1, 0.15) is 18.9 Å². The lowest BCUT2D eigenvalue weighted by Crippen LogP contribution is -1.90. The molecule has 2 heterocycles. The Morgan fingerprint density at radius 2 is 2.33 bits per heavy atom. The lowest BCUT2D eigenvalue weighted by molar-refractivity contribution is 0.923. The van der Waals surface area contributed by atoms with Gasteiger partial charge in [0.05, 0.1) is 10.6 Å². The van der Waals surface area contributed by atoms with E-state index in [0.717, 1.165) is 6.42 Å². The fourth-order valence-corrected chi connectivity index (χ4v) is 2.62. The average Bonchev–Trinajstić information content (AvgIpc) is 2.85. The summed E-state index contributed by atoms with van der Waals surface area (Å²) in [5.74, 6) is 0. The highest BCUT2D eigenvalue weighted by Crippen LogP contribution is 2.30. The molecule has 2 aromatic heterocycles. The smallest absolute Gasteiger partial charge is 0.0654 e. The minimum Gasteiger partial charge on any atom is -0.323 e. The van der Waals surface area contributed by atoms with Gasteiger partial charge in [-0.25, -0.2) is 0 Å². The highest BCUT2D eigenvalue weighted by molar-refractivity contribution is 7.13. The van der Waals surface area contributed by atoms with Crippen molar-refractivity contribution in [1.29, 1.82) is 0 Å². The standard InChI is InChI=1S/C13H15NS/c1-3-6-11-8-9-14(4-2)13(11)12-7-5-10-15-12/h4-5,7-10H,2-3,6H2,1H3. The molecule has 1 nitrogen and oxygen atoms in total. The summed E-state index contributed by atoms with van der Waals surface area (Å²) in [7, 11) is 0. The molecule has 0 aliphatic carbocycles. The van der Waals surface area contributed by atoms with Gasteiger partial charge in [0.1, 0.15) is 0 Å². The third kappa shape index (κ3) is 1.90. The summed E-state index contributed by atoms with van der Waals surface area (Å²) in [4.78, 5) is 1.32. The molecule has 0 aliphatic heterocycles. The molecular formula is C13H15NS. The molecule has 0 saturated heterocycles. The number of aromatic nitrogens is 1. The average molecular weight is 217 g/mol. The van der Waals surface area contributed by atoms with Gasteiger partial charge in [0.2, 0.25) is 0 Å². The summed E-state index contributed by atoms with van der Waals surface area (Å²) >= 11 is 1.78. The molecule has 0 bridgehead atoms. The fourth-order valence-electron chi connectivity index (χ4n) is 1.81. The van der Waals surface area contributed by atoms with Crippen LogP contribution in [0.15, 0.2) is 36.4 Å². The second kappa shape index (κ2) is 4.49. The van der Waals surface area contributed by atoms with Crippen LogP contribution < -0.4 is 0 Å². The zero-order chi connectivity index (χ0) is 10.7. The normalized spacial score (nSPS) is 10.5. The van der Waals surface area contributed by atoms with Crippen molar-refractivity contribution in [2.75, 3.05) is 0 Å². The van der Waals surface area contributed by atoms with Crippen LogP contribution in [0.25, 0.3) is 16.8 Å². The van der Waals surface area contributed by atoms with Gasteiger partial charge in [-0.3, -0.25) is 0 Å². The molecule has 0 amide bonds. The van der Waals surface area contributed by atoms with Crippen LogP contribution in [0.4, 0.5) is 0 Å². The van der Waals surface area contributed by atoms with Gasteiger partial charge >= 0.3 is 0 Å². The molecule has 0 aliphatic rings. The van der Waals surface area contributed by atoms with E-state index in [2.05, 4.69) is 47.8 Å². The third-order valence-corrected chi connectivity index (χ3v) is 3.35. The maximum atomic E-state index is 3.84. The third-order valence-electron chi connectivity index (χ3n) is 2.47. The van der Waals surface area contributed by atoms with E-state index < -0.39 is 0 Å². The van der Waals surface area contributed by atoms with E-state index in [1.165, 1.54) is 22.6 Å². The monoisotopic (exact) mass is 217 g/mol. The molecule has 78 valence electrons. The van der Waals surface area contributed by atoms with Gasteiger partial charge in [0.15, 0.2) is 0 Å². The molecule has 2 rings (SSSR count). The molecule has 0 unspecified atom stereocenters. The second-order valence-corrected chi connectivity index (χ2v) is 4.45. The zero-order valence-corrected chi connectivity index (χ0v) is 9.76. The predicted octanol–water partition coefficient (Wildman–Crippen LogP) is 4.27. The number of thiophene rings is 1. The van der Waals surface area contributed by atoms with E-state index >= 15 is 0 Å². The van der Waals surface area contributed by atoms with E-state index in [-0.39, 0.29) is 0 Å². The Kier molecular flexibility index (Phi) is 3.07. The quantitative estimate of drug-likeness (QED) is 0.720. The van der Waals surface area contributed by atoms with Gasteiger partial charge < -0.3 is 4.57 Å². The summed E-state index contributed by atoms with van der Waals surface area (Å²) < 4.78 is 2.11. The number of hydrogen-bond donors (Lipinski definition) is 0. The van der Waals surface area contributed by atoms with E-state index in [4.69, 9.17) is 0 Å². The first-order valence-corrected chi connectivity index (χ1v) is 6.11. The minimum absolute atomic E-state index is 1.13. The largest absolute Gasteiger partial charge is 0.323 e. The Morgan fingerprint density at radius 3 is 2.93 bits per heavy atom. The number of nitrogens with zero attached hydrogens (tertiary/aromatic N) is 1. The zero-order valence-electron chi connectivity index (χ0n) is 8.94. The Morgan fingerprint density at radius 1 is 1.47 bits per heavy atom. The van der Waals surface area contributed by atoms with Gasteiger partial charge in [-0.1, -0.05) is 26.0 Å². The molecule has 0 spiro atoms. The lowest BCUT2D eigenvalue weighted by Gasteiger charge is -2.04. The van der Waals surface area contributed by atoms with E-state index in [1.54, 1.807) is 11.3 Å². The maximum absolute atomic E-state index is 3.84. The first-order valence-electron chi connectivity index (χ1n) is 5.23. The summed E-state index contributed by atoms with van der Waals surface area (Å²) in [5.41, 5.74) is 2.72.